The number of nitrogens with one attached hydrogen (secondary N) is 2. The van der Waals surface area contributed by atoms with Gasteiger partial charge in [-0.05, 0) is 32.2 Å². The Bertz CT molecular complexity index is 256. The lowest BCUT2D eigenvalue weighted by Crippen LogP contribution is -2.58. The van der Waals surface area contributed by atoms with Gasteiger partial charge in [0, 0.05) is 0 Å². The van der Waals surface area contributed by atoms with Gasteiger partial charge in [-0.1, -0.05) is 25.7 Å². The van der Waals surface area contributed by atoms with Gasteiger partial charge in [-0.25, -0.2) is 0 Å². The molecule has 1 aliphatic carbocycles. The molecule has 2 aliphatic rings. The Morgan fingerprint density at radius 3 is 2.59 bits per heavy atom. The summed E-state index contributed by atoms with van der Waals surface area (Å²) < 4.78 is 0. The van der Waals surface area contributed by atoms with Crippen molar-refractivity contribution in [2.45, 2.75) is 62.9 Å². The van der Waals surface area contributed by atoms with Crippen molar-refractivity contribution >= 4 is 5.91 Å². The zero-order chi connectivity index (χ0) is 12.1. The molecule has 4 nitrogen and oxygen atoms in total. The van der Waals surface area contributed by atoms with Crippen LogP contribution in [0.5, 0.6) is 0 Å². The van der Waals surface area contributed by atoms with Crippen molar-refractivity contribution in [3.63, 3.8) is 0 Å². The summed E-state index contributed by atoms with van der Waals surface area (Å²) in [5.41, 5.74) is -0.339. The van der Waals surface area contributed by atoms with Gasteiger partial charge in [-0.15, -0.1) is 0 Å². The molecule has 1 unspecified atom stereocenters. The molecule has 1 aliphatic heterocycles. The lowest BCUT2D eigenvalue weighted by atomic mass is 9.82. The summed E-state index contributed by atoms with van der Waals surface area (Å²) in [7, 11) is 0. The molecular weight excluding hydrogens is 216 g/mol. The SMILES string of the molecule is O=C(NC1(CO)CCCCC1)C1CCCCN1. The number of piperidine rings is 1. The highest BCUT2D eigenvalue weighted by molar-refractivity contribution is 5.82. The summed E-state index contributed by atoms with van der Waals surface area (Å²) in [5, 5.41) is 15.9. The van der Waals surface area contributed by atoms with E-state index in [1.165, 1.54) is 6.42 Å². The van der Waals surface area contributed by atoms with E-state index in [1.54, 1.807) is 0 Å². The molecule has 2 rings (SSSR count). The Hall–Kier alpha value is -0.610. The van der Waals surface area contributed by atoms with E-state index < -0.39 is 0 Å². The van der Waals surface area contributed by atoms with Crippen molar-refractivity contribution in [2.24, 2.45) is 0 Å². The highest BCUT2D eigenvalue weighted by Crippen LogP contribution is 2.28. The predicted molar refractivity (Wildman–Crippen MR) is 66.7 cm³/mol. The number of aliphatic hydroxyl groups excluding tert-OH is 1. The third-order valence-corrected chi connectivity index (χ3v) is 4.13. The fourth-order valence-corrected chi connectivity index (χ4v) is 2.98. The van der Waals surface area contributed by atoms with Gasteiger partial charge in [0.05, 0.1) is 18.2 Å². The van der Waals surface area contributed by atoms with Gasteiger partial charge in [0.1, 0.15) is 0 Å². The lowest BCUT2D eigenvalue weighted by Gasteiger charge is -2.38. The average molecular weight is 240 g/mol. The minimum atomic E-state index is -0.339. The van der Waals surface area contributed by atoms with Crippen molar-refractivity contribution in [1.82, 2.24) is 10.6 Å². The van der Waals surface area contributed by atoms with E-state index in [-0.39, 0.29) is 24.1 Å². The Kier molecular flexibility index (Phi) is 4.40. The molecule has 1 atom stereocenters. The van der Waals surface area contributed by atoms with Gasteiger partial charge in [0.25, 0.3) is 0 Å². The highest BCUT2D eigenvalue weighted by atomic mass is 16.3. The second-order valence-electron chi connectivity index (χ2n) is 5.49. The van der Waals surface area contributed by atoms with Gasteiger partial charge in [-0.2, -0.15) is 0 Å². The van der Waals surface area contributed by atoms with Crippen molar-refractivity contribution in [1.29, 1.82) is 0 Å². The van der Waals surface area contributed by atoms with Gasteiger partial charge < -0.3 is 15.7 Å². The monoisotopic (exact) mass is 240 g/mol. The van der Waals surface area contributed by atoms with Crippen LogP contribution in [0.1, 0.15) is 51.4 Å². The van der Waals surface area contributed by atoms with Crippen LogP contribution in [0.2, 0.25) is 0 Å². The van der Waals surface area contributed by atoms with Crippen molar-refractivity contribution < 1.29 is 9.90 Å². The number of carbonyl (C=O) groups is 1. The summed E-state index contributed by atoms with van der Waals surface area (Å²) in [6, 6.07) is -0.0471. The van der Waals surface area contributed by atoms with E-state index in [0.717, 1.165) is 51.5 Å². The zero-order valence-corrected chi connectivity index (χ0v) is 10.5. The van der Waals surface area contributed by atoms with Crippen molar-refractivity contribution in [3.05, 3.63) is 0 Å². The Morgan fingerprint density at radius 1 is 1.24 bits per heavy atom. The molecule has 4 heteroatoms. The maximum Gasteiger partial charge on any atom is 0.237 e. The van der Waals surface area contributed by atoms with Crippen LogP contribution in [0, 0.1) is 0 Å². The van der Waals surface area contributed by atoms with E-state index in [4.69, 9.17) is 0 Å². The minimum Gasteiger partial charge on any atom is -0.394 e. The van der Waals surface area contributed by atoms with E-state index in [9.17, 15) is 9.90 Å². The maximum absolute atomic E-state index is 12.1. The fraction of sp³-hybridized carbons (Fsp3) is 0.923. The Morgan fingerprint density at radius 2 is 2.00 bits per heavy atom. The van der Waals surface area contributed by atoms with Crippen LogP contribution in [0.25, 0.3) is 0 Å². The van der Waals surface area contributed by atoms with E-state index in [0.29, 0.717) is 0 Å². The second kappa shape index (κ2) is 5.83. The maximum atomic E-state index is 12.1. The number of carbonyl (C=O) groups excluding carboxylic acids is 1. The lowest BCUT2D eigenvalue weighted by molar-refractivity contribution is -0.126. The predicted octanol–water partition coefficient (Wildman–Crippen LogP) is 0.940. The quantitative estimate of drug-likeness (QED) is 0.688. The summed E-state index contributed by atoms with van der Waals surface area (Å²) >= 11 is 0. The first kappa shape index (κ1) is 12.8. The molecule has 0 spiro atoms. The van der Waals surface area contributed by atoms with Crippen LogP contribution in [0.15, 0.2) is 0 Å². The minimum absolute atomic E-state index is 0.0471. The largest absolute Gasteiger partial charge is 0.394 e. The number of rotatable bonds is 3. The first-order valence-corrected chi connectivity index (χ1v) is 6.92. The Labute approximate surface area is 103 Å². The summed E-state index contributed by atoms with van der Waals surface area (Å²) in [6.45, 7) is 1.01. The topological polar surface area (TPSA) is 61.4 Å². The van der Waals surface area contributed by atoms with Crippen molar-refractivity contribution in [2.75, 3.05) is 13.2 Å². The molecule has 17 heavy (non-hydrogen) atoms. The number of aliphatic hydroxyl groups is 1. The molecule has 98 valence electrons. The van der Waals surface area contributed by atoms with Crippen LogP contribution < -0.4 is 10.6 Å². The van der Waals surface area contributed by atoms with Crippen LogP contribution in [0.4, 0.5) is 0 Å². The van der Waals surface area contributed by atoms with Crippen LogP contribution in [-0.4, -0.2) is 35.7 Å². The van der Waals surface area contributed by atoms with E-state index >= 15 is 0 Å². The van der Waals surface area contributed by atoms with Gasteiger partial charge >= 0.3 is 0 Å². The summed E-state index contributed by atoms with van der Waals surface area (Å²) in [4.78, 5) is 12.1. The first-order chi connectivity index (χ1) is 8.26. The Balaban J connectivity index is 1.90. The van der Waals surface area contributed by atoms with Crippen LogP contribution in [-0.2, 0) is 4.79 Å². The molecule has 0 aromatic rings. The standard InChI is InChI=1S/C13H24N2O2/c16-10-13(7-3-1-4-8-13)15-12(17)11-6-2-5-9-14-11/h11,14,16H,1-10H2,(H,15,17). The molecule has 1 amide bonds. The third kappa shape index (κ3) is 3.19. The molecule has 0 aromatic heterocycles. The zero-order valence-electron chi connectivity index (χ0n) is 10.5. The summed E-state index contributed by atoms with van der Waals surface area (Å²) in [5.74, 6) is 0.0839. The van der Waals surface area contributed by atoms with Crippen LogP contribution in [0.3, 0.4) is 0 Å². The highest BCUT2D eigenvalue weighted by Gasteiger charge is 2.34. The van der Waals surface area contributed by atoms with Crippen LogP contribution >= 0.6 is 0 Å². The molecule has 1 saturated heterocycles. The molecule has 0 radical (unpaired) electrons. The molecular formula is C13H24N2O2. The fourth-order valence-electron chi connectivity index (χ4n) is 2.98. The molecule has 1 heterocycles. The second-order valence-corrected chi connectivity index (χ2v) is 5.49. The van der Waals surface area contributed by atoms with Crippen molar-refractivity contribution in [3.8, 4) is 0 Å². The molecule has 0 bridgehead atoms. The number of hydrogen-bond donors (Lipinski definition) is 3. The van der Waals surface area contributed by atoms with Gasteiger partial charge in [-0.3, -0.25) is 4.79 Å². The third-order valence-electron chi connectivity index (χ3n) is 4.13. The summed E-state index contributed by atoms with van der Waals surface area (Å²) in [6.07, 6.45) is 8.49. The number of amides is 1. The molecule has 3 N–H and O–H groups in total. The van der Waals surface area contributed by atoms with E-state index in [2.05, 4.69) is 10.6 Å². The van der Waals surface area contributed by atoms with E-state index in [1.807, 2.05) is 0 Å². The molecule has 2 fully saturated rings. The first-order valence-electron chi connectivity index (χ1n) is 6.92. The molecule has 0 aromatic carbocycles. The normalized spacial score (nSPS) is 28.6. The number of hydrogen-bond acceptors (Lipinski definition) is 3. The van der Waals surface area contributed by atoms with Gasteiger partial charge in [0.15, 0.2) is 0 Å². The van der Waals surface area contributed by atoms with Gasteiger partial charge in [0.2, 0.25) is 5.91 Å². The smallest absolute Gasteiger partial charge is 0.237 e. The molecule has 1 saturated carbocycles. The average Bonchev–Trinajstić information content (AvgIpc) is 2.41.